The summed E-state index contributed by atoms with van der Waals surface area (Å²) in [5, 5.41) is 2.76. The minimum atomic E-state index is -5.32. The summed E-state index contributed by atoms with van der Waals surface area (Å²) in [7, 11) is 0. The number of alkyl halides is 3. The van der Waals surface area contributed by atoms with Gasteiger partial charge in [-0.1, -0.05) is 12.1 Å². The predicted octanol–water partition coefficient (Wildman–Crippen LogP) is 4.15. The summed E-state index contributed by atoms with van der Waals surface area (Å²) in [4.78, 5) is 17.8. The van der Waals surface area contributed by atoms with Crippen LogP contribution in [0, 0.1) is 5.82 Å². The smallest absolute Gasteiger partial charge is 0.454 e. The van der Waals surface area contributed by atoms with Crippen LogP contribution < -0.4 is 20.7 Å². The molecule has 0 radical (unpaired) electrons. The van der Waals surface area contributed by atoms with E-state index in [2.05, 4.69) is 15.0 Å². The zero-order valence-electron chi connectivity index (χ0n) is 22.0. The van der Waals surface area contributed by atoms with E-state index in [0.29, 0.717) is 36.5 Å². The number of carbonyl (C=O) groups is 1. The first-order valence-corrected chi connectivity index (χ1v) is 12.8. The highest BCUT2D eigenvalue weighted by Gasteiger charge is 2.58. The summed E-state index contributed by atoms with van der Waals surface area (Å²) in [5.41, 5.74) is 6.49. The van der Waals surface area contributed by atoms with Crippen LogP contribution >= 0.6 is 0 Å². The van der Waals surface area contributed by atoms with E-state index in [1.54, 1.807) is 42.7 Å². The van der Waals surface area contributed by atoms with Crippen LogP contribution in [0.4, 0.5) is 23.2 Å². The molecule has 1 aromatic heterocycles. The second-order valence-corrected chi connectivity index (χ2v) is 10.8. The normalized spacial score (nSPS) is 24.9. The van der Waals surface area contributed by atoms with E-state index in [1.165, 1.54) is 6.07 Å². The zero-order valence-corrected chi connectivity index (χ0v) is 22.0. The van der Waals surface area contributed by atoms with E-state index in [9.17, 15) is 18.0 Å². The highest BCUT2D eigenvalue weighted by molar-refractivity contribution is 5.76. The standard InChI is InChI=1S/C28H26F4N4O5/c1-25(2)14-36(8-9-38-25)18-11-20-23(21(29)12-18)40-22-6-5-16(17-4-3-7-34-13-17)10-19(22)26(20)15-39-28(33,35-26)41-24(37)27(30,31)32/h3-7,10-13,35H,8-9,14-15,33H2,1-2H3. The Balaban J connectivity index is 1.50. The molecule has 3 aliphatic rings. The molecule has 0 amide bonds. The van der Waals surface area contributed by atoms with Crippen LogP contribution in [0.3, 0.4) is 0 Å². The second-order valence-electron chi connectivity index (χ2n) is 10.8. The maximum absolute atomic E-state index is 15.8. The van der Waals surface area contributed by atoms with Crippen molar-refractivity contribution in [2.24, 2.45) is 5.73 Å². The molecule has 3 N–H and O–H groups in total. The van der Waals surface area contributed by atoms with Crippen LogP contribution in [0.2, 0.25) is 0 Å². The molecule has 41 heavy (non-hydrogen) atoms. The quantitative estimate of drug-likeness (QED) is 0.271. The van der Waals surface area contributed by atoms with Crippen LogP contribution in [0.15, 0.2) is 54.9 Å². The minimum Gasteiger partial charge on any atom is -0.454 e. The number of nitrogens with zero attached hydrogens (tertiary/aromatic N) is 2. The summed E-state index contributed by atoms with van der Waals surface area (Å²) in [6.07, 6.45) is -2.07. The van der Waals surface area contributed by atoms with Crippen LogP contribution in [0.25, 0.3) is 11.1 Å². The first kappa shape index (κ1) is 27.4. The van der Waals surface area contributed by atoms with Crippen molar-refractivity contribution in [3.05, 3.63) is 71.8 Å². The topological polar surface area (TPSA) is 108 Å². The van der Waals surface area contributed by atoms with Gasteiger partial charge in [0.05, 0.1) is 18.8 Å². The predicted molar refractivity (Wildman–Crippen MR) is 137 cm³/mol. The SMILES string of the molecule is CC1(C)CN(c2cc(F)c3c(c2)C2(COC(N)(OC(=O)C(F)(F)F)N2)c2cc(-c4cccnc4)ccc2O3)CCO1. The molecule has 3 aliphatic heterocycles. The third-order valence-electron chi connectivity index (χ3n) is 7.29. The van der Waals surface area contributed by atoms with Crippen molar-refractivity contribution >= 4 is 11.7 Å². The number of pyridine rings is 1. The molecule has 0 aliphatic carbocycles. The lowest BCUT2D eigenvalue weighted by atomic mass is 9.79. The van der Waals surface area contributed by atoms with Crippen molar-refractivity contribution in [1.82, 2.24) is 10.3 Å². The van der Waals surface area contributed by atoms with Crippen LogP contribution in [-0.2, 0) is 24.5 Å². The highest BCUT2D eigenvalue weighted by Crippen LogP contribution is 2.52. The van der Waals surface area contributed by atoms with Gasteiger partial charge in [-0.3, -0.25) is 10.7 Å². The summed E-state index contributed by atoms with van der Waals surface area (Å²) >= 11 is 0. The van der Waals surface area contributed by atoms with E-state index in [1.807, 2.05) is 24.8 Å². The van der Waals surface area contributed by atoms with E-state index in [0.717, 1.165) is 5.56 Å². The van der Waals surface area contributed by atoms with Gasteiger partial charge < -0.3 is 23.8 Å². The van der Waals surface area contributed by atoms with Gasteiger partial charge >= 0.3 is 18.2 Å². The van der Waals surface area contributed by atoms with Crippen LogP contribution in [0.5, 0.6) is 11.5 Å². The molecule has 2 atom stereocenters. The number of anilines is 1. The van der Waals surface area contributed by atoms with Gasteiger partial charge in [0.25, 0.3) is 0 Å². The lowest BCUT2D eigenvalue weighted by molar-refractivity contribution is -0.254. The number of hydrogen-bond acceptors (Lipinski definition) is 9. The number of ether oxygens (including phenoxy) is 4. The number of rotatable bonds is 3. The highest BCUT2D eigenvalue weighted by atomic mass is 19.4. The van der Waals surface area contributed by atoms with Crippen molar-refractivity contribution < 1.29 is 41.3 Å². The van der Waals surface area contributed by atoms with Crippen molar-refractivity contribution in [2.45, 2.75) is 37.2 Å². The first-order valence-electron chi connectivity index (χ1n) is 12.8. The number of fused-ring (bicyclic) bond motifs is 4. The number of morpholine rings is 1. The molecular weight excluding hydrogens is 548 g/mol. The molecule has 3 aromatic rings. The van der Waals surface area contributed by atoms with Crippen LogP contribution in [-0.4, -0.2) is 55.1 Å². The van der Waals surface area contributed by atoms with Crippen molar-refractivity contribution in [3.8, 4) is 22.6 Å². The Bertz CT molecular complexity index is 1520. The van der Waals surface area contributed by atoms with E-state index in [4.69, 9.17) is 19.9 Å². The molecule has 6 rings (SSSR count). The number of esters is 1. The zero-order chi connectivity index (χ0) is 29.2. The number of carbonyl (C=O) groups excluding carboxylic acids is 1. The van der Waals surface area contributed by atoms with E-state index >= 15 is 4.39 Å². The molecule has 1 spiro atoms. The van der Waals surface area contributed by atoms with Gasteiger partial charge in [-0.2, -0.15) is 13.2 Å². The van der Waals surface area contributed by atoms with Crippen molar-refractivity contribution in [2.75, 3.05) is 31.2 Å². The van der Waals surface area contributed by atoms with Gasteiger partial charge in [-0.25, -0.2) is 14.5 Å². The van der Waals surface area contributed by atoms with Crippen molar-refractivity contribution in [1.29, 1.82) is 0 Å². The summed E-state index contributed by atoms with van der Waals surface area (Å²) < 4.78 is 76.9. The summed E-state index contributed by atoms with van der Waals surface area (Å²) in [6.45, 7) is 4.76. The molecule has 0 saturated carbocycles. The lowest BCUT2D eigenvalue weighted by Crippen LogP contribution is -2.60. The molecule has 2 aromatic carbocycles. The molecule has 2 unspecified atom stereocenters. The molecule has 9 nitrogen and oxygen atoms in total. The number of halogens is 4. The fourth-order valence-corrected chi connectivity index (χ4v) is 5.47. The maximum Gasteiger partial charge on any atom is 0.491 e. The Morgan fingerprint density at radius 1 is 1.12 bits per heavy atom. The summed E-state index contributed by atoms with van der Waals surface area (Å²) in [6, 6.07) is 8.98. The number of aromatic nitrogens is 1. The van der Waals surface area contributed by atoms with Gasteiger partial charge in [0.1, 0.15) is 11.3 Å². The molecular formula is C28H26F4N4O5. The van der Waals surface area contributed by atoms with Gasteiger partial charge in [0, 0.05) is 53.9 Å². The number of hydrogen-bond donors (Lipinski definition) is 2. The average molecular weight is 575 g/mol. The van der Waals surface area contributed by atoms with Crippen LogP contribution in [0.1, 0.15) is 25.0 Å². The molecule has 4 heterocycles. The molecule has 216 valence electrons. The Labute approximate surface area is 232 Å². The average Bonchev–Trinajstić information content (AvgIpc) is 3.26. The Kier molecular flexibility index (Phi) is 6.26. The van der Waals surface area contributed by atoms with Gasteiger partial charge in [0.2, 0.25) is 0 Å². The minimum absolute atomic E-state index is 0.162. The monoisotopic (exact) mass is 574 g/mol. The molecule has 0 bridgehead atoms. The third-order valence-corrected chi connectivity index (χ3v) is 7.29. The van der Waals surface area contributed by atoms with E-state index in [-0.39, 0.29) is 17.1 Å². The second kappa shape index (κ2) is 9.38. The largest absolute Gasteiger partial charge is 0.491 e. The van der Waals surface area contributed by atoms with Gasteiger partial charge in [-0.05, 0) is 43.7 Å². The first-order chi connectivity index (χ1) is 19.3. The maximum atomic E-state index is 15.8. The molecule has 2 fully saturated rings. The Hall–Kier alpha value is -3.78. The molecule has 2 saturated heterocycles. The Morgan fingerprint density at radius 2 is 1.93 bits per heavy atom. The number of nitrogens with two attached hydrogens (primary N) is 1. The molecule has 13 heteroatoms. The van der Waals surface area contributed by atoms with Gasteiger partial charge in [0.15, 0.2) is 11.6 Å². The van der Waals surface area contributed by atoms with Crippen molar-refractivity contribution in [3.63, 3.8) is 0 Å². The number of nitrogens with one attached hydrogen (secondary N) is 1. The fraction of sp³-hybridized carbons (Fsp3) is 0.357. The lowest BCUT2D eigenvalue weighted by Gasteiger charge is -2.41. The van der Waals surface area contributed by atoms with E-state index < -0.39 is 41.7 Å². The Morgan fingerprint density at radius 3 is 2.63 bits per heavy atom. The van der Waals surface area contributed by atoms with Gasteiger partial charge in [-0.15, -0.1) is 0 Å². The summed E-state index contributed by atoms with van der Waals surface area (Å²) in [5.74, 6) is -3.19. The third kappa shape index (κ3) is 4.88. The number of benzene rings is 2. The fourth-order valence-electron chi connectivity index (χ4n) is 5.47.